The molecule has 0 aliphatic heterocycles. The third-order valence-electron chi connectivity index (χ3n) is 3.58. The lowest BCUT2D eigenvalue weighted by molar-refractivity contribution is -0.113. The Kier molecular flexibility index (Phi) is 4.53. The first kappa shape index (κ1) is 15.4. The number of thiazole rings is 1. The summed E-state index contributed by atoms with van der Waals surface area (Å²) in [6.07, 6.45) is 3.31. The fourth-order valence-electron chi connectivity index (χ4n) is 2.43. The van der Waals surface area contributed by atoms with Crippen LogP contribution in [0.2, 0.25) is 0 Å². The van der Waals surface area contributed by atoms with Gasteiger partial charge in [0.1, 0.15) is 0 Å². The maximum absolute atomic E-state index is 12.1. The highest BCUT2D eigenvalue weighted by atomic mass is 32.1. The fraction of sp³-hybridized carbons (Fsp3) is 0.158. The van der Waals surface area contributed by atoms with Crippen molar-refractivity contribution in [2.45, 2.75) is 20.4 Å². The van der Waals surface area contributed by atoms with Crippen LogP contribution in [0.15, 0.2) is 59.6 Å². The molecular formula is C19H18N2OS. The Labute approximate surface area is 139 Å². The van der Waals surface area contributed by atoms with Gasteiger partial charge in [0.2, 0.25) is 0 Å². The third-order valence-corrected chi connectivity index (χ3v) is 4.62. The third kappa shape index (κ3) is 3.48. The monoisotopic (exact) mass is 322 g/mol. The molecule has 0 N–H and O–H groups in total. The lowest BCUT2D eigenvalue weighted by atomic mass is 10.2. The highest BCUT2D eigenvalue weighted by Crippen LogP contribution is 2.18. The number of fused-ring (bicyclic) bond motifs is 1. The first-order valence-electron chi connectivity index (χ1n) is 7.59. The highest BCUT2D eigenvalue weighted by molar-refractivity contribution is 7.16. The predicted molar refractivity (Wildman–Crippen MR) is 96.3 cm³/mol. The molecule has 4 heteroatoms. The normalized spacial score (nSPS) is 12.3. The lowest BCUT2D eigenvalue weighted by Gasteiger charge is -1.99. The van der Waals surface area contributed by atoms with Crippen LogP contribution in [-0.2, 0) is 11.3 Å². The second-order valence-electron chi connectivity index (χ2n) is 5.29. The minimum absolute atomic E-state index is 0.237. The number of amides is 1. The Morgan fingerprint density at radius 3 is 2.74 bits per heavy atom. The first-order valence-corrected chi connectivity index (χ1v) is 8.41. The van der Waals surface area contributed by atoms with E-state index < -0.39 is 0 Å². The van der Waals surface area contributed by atoms with Crippen molar-refractivity contribution in [3.05, 3.63) is 70.5 Å². The van der Waals surface area contributed by atoms with Gasteiger partial charge in [0.15, 0.2) is 4.80 Å². The number of aromatic nitrogens is 1. The maximum atomic E-state index is 12.1. The average molecular weight is 322 g/mol. The zero-order chi connectivity index (χ0) is 16.2. The molecule has 0 unspecified atom stereocenters. The van der Waals surface area contributed by atoms with Crippen LogP contribution in [0.5, 0.6) is 0 Å². The summed E-state index contributed by atoms with van der Waals surface area (Å²) in [6, 6.07) is 16.1. The number of benzene rings is 2. The van der Waals surface area contributed by atoms with Crippen LogP contribution < -0.4 is 4.80 Å². The first-order chi connectivity index (χ1) is 11.2. The number of hydrogen-bond acceptors (Lipinski definition) is 2. The Hall–Kier alpha value is -2.46. The van der Waals surface area contributed by atoms with Gasteiger partial charge in [0.25, 0.3) is 5.91 Å². The smallest absolute Gasteiger partial charge is 0.272 e. The number of aryl methyl sites for hydroxylation is 2. The number of rotatable bonds is 3. The van der Waals surface area contributed by atoms with Crippen molar-refractivity contribution in [3.8, 4) is 0 Å². The molecule has 3 nitrogen and oxygen atoms in total. The summed E-state index contributed by atoms with van der Waals surface area (Å²) in [7, 11) is 0. The molecule has 0 spiro atoms. The van der Waals surface area contributed by atoms with E-state index >= 15 is 0 Å². The van der Waals surface area contributed by atoms with Gasteiger partial charge in [-0.3, -0.25) is 4.79 Å². The lowest BCUT2D eigenvalue weighted by Crippen LogP contribution is -2.15. The molecular weight excluding hydrogens is 304 g/mol. The minimum Gasteiger partial charge on any atom is -0.317 e. The Morgan fingerprint density at radius 1 is 1.22 bits per heavy atom. The molecule has 3 rings (SSSR count). The second kappa shape index (κ2) is 6.75. The van der Waals surface area contributed by atoms with Crippen molar-refractivity contribution in [1.29, 1.82) is 0 Å². The highest BCUT2D eigenvalue weighted by Gasteiger charge is 2.05. The molecule has 0 atom stereocenters. The molecule has 0 bridgehead atoms. The summed E-state index contributed by atoms with van der Waals surface area (Å²) in [5.41, 5.74) is 3.33. The van der Waals surface area contributed by atoms with Crippen LogP contribution in [0.25, 0.3) is 16.3 Å². The average Bonchev–Trinajstić information content (AvgIpc) is 2.89. The molecule has 2 aromatic carbocycles. The van der Waals surface area contributed by atoms with E-state index in [2.05, 4.69) is 41.6 Å². The van der Waals surface area contributed by atoms with E-state index in [-0.39, 0.29) is 5.91 Å². The second-order valence-corrected chi connectivity index (χ2v) is 6.30. The Bertz CT molecular complexity index is 933. The standard InChI is InChI=1S/C19H18N2OS/c1-3-21-16-11-9-14(2)13-17(16)23-19(21)20-18(22)12-10-15-7-5-4-6-8-15/h4-13H,3H2,1-2H3. The minimum atomic E-state index is -0.237. The van der Waals surface area contributed by atoms with Gasteiger partial charge < -0.3 is 4.57 Å². The Balaban J connectivity index is 1.97. The van der Waals surface area contributed by atoms with Gasteiger partial charge in [-0.15, -0.1) is 0 Å². The SMILES string of the molecule is CCn1c(=NC(=O)C=Cc2ccccc2)sc2cc(C)ccc21. The summed E-state index contributed by atoms with van der Waals surface area (Å²) < 4.78 is 3.23. The van der Waals surface area contributed by atoms with Crippen molar-refractivity contribution < 1.29 is 4.79 Å². The van der Waals surface area contributed by atoms with Crippen LogP contribution in [0.4, 0.5) is 0 Å². The van der Waals surface area contributed by atoms with E-state index in [1.807, 2.05) is 30.3 Å². The van der Waals surface area contributed by atoms with Crippen LogP contribution >= 0.6 is 11.3 Å². The summed E-state index contributed by atoms with van der Waals surface area (Å²) in [5, 5.41) is 0. The van der Waals surface area contributed by atoms with Gasteiger partial charge in [-0.25, -0.2) is 0 Å². The molecule has 0 saturated heterocycles. The van der Waals surface area contributed by atoms with Crippen molar-refractivity contribution >= 4 is 33.5 Å². The van der Waals surface area contributed by atoms with Crippen molar-refractivity contribution in [1.82, 2.24) is 4.57 Å². The van der Waals surface area contributed by atoms with Crippen molar-refractivity contribution in [2.75, 3.05) is 0 Å². The van der Waals surface area contributed by atoms with E-state index in [9.17, 15) is 4.79 Å². The molecule has 1 amide bonds. The molecule has 1 aromatic heterocycles. The van der Waals surface area contributed by atoms with Crippen LogP contribution in [0.1, 0.15) is 18.1 Å². The molecule has 1 heterocycles. The molecule has 0 aliphatic rings. The molecule has 0 saturated carbocycles. The summed E-state index contributed by atoms with van der Waals surface area (Å²) >= 11 is 1.55. The quantitative estimate of drug-likeness (QED) is 0.666. The molecule has 23 heavy (non-hydrogen) atoms. The molecule has 0 radical (unpaired) electrons. The number of nitrogens with zero attached hydrogens (tertiary/aromatic N) is 2. The molecule has 3 aromatic rings. The zero-order valence-electron chi connectivity index (χ0n) is 13.2. The van der Waals surface area contributed by atoms with E-state index in [0.717, 1.165) is 27.1 Å². The van der Waals surface area contributed by atoms with Gasteiger partial charge in [0, 0.05) is 12.6 Å². The van der Waals surface area contributed by atoms with Crippen LogP contribution in [-0.4, -0.2) is 10.5 Å². The molecule has 0 aliphatic carbocycles. The Morgan fingerprint density at radius 2 is 2.00 bits per heavy atom. The van der Waals surface area contributed by atoms with Gasteiger partial charge in [-0.2, -0.15) is 4.99 Å². The van der Waals surface area contributed by atoms with E-state index in [0.29, 0.717) is 0 Å². The zero-order valence-corrected chi connectivity index (χ0v) is 14.0. The molecule has 116 valence electrons. The number of hydrogen-bond donors (Lipinski definition) is 0. The van der Waals surface area contributed by atoms with Crippen molar-refractivity contribution in [2.24, 2.45) is 4.99 Å². The van der Waals surface area contributed by atoms with Crippen LogP contribution in [0.3, 0.4) is 0 Å². The summed E-state index contributed by atoms with van der Waals surface area (Å²) in [4.78, 5) is 17.2. The topological polar surface area (TPSA) is 34.4 Å². The van der Waals surface area contributed by atoms with Crippen molar-refractivity contribution in [3.63, 3.8) is 0 Å². The summed E-state index contributed by atoms with van der Waals surface area (Å²) in [5.74, 6) is -0.237. The predicted octanol–water partition coefficient (Wildman–Crippen LogP) is 4.17. The van der Waals surface area contributed by atoms with Gasteiger partial charge in [-0.05, 0) is 43.2 Å². The maximum Gasteiger partial charge on any atom is 0.272 e. The van der Waals surface area contributed by atoms with Crippen LogP contribution in [0, 0.1) is 6.92 Å². The number of carbonyl (C=O) groups is 1. The largest absolute Gasteiger partial charge is 0.317 e. The molecule has 0 fully saturated rings. The fourth-order valence-corrected chi connectivity index (χ4v) is 3.63. The van der Waals surface area contributed by atoms with E-state index in [1.165, 1.54) is 11.6 Å². The van der Waals surface area contributed by atoms with E-state index in [1.54, 1.807) is 17.4 Å². The van der Waals surface area contributed by atoms with Gasteiger partial charge >= 0.3 is 0 Å². The number of carbonyl (C=O) groups excluding carboxylic acids is 1. The van der Waals surface area contributed by atoms with E-state index in [4.69, 9.17) is 0 Å². The van der Waals surface area contributed by atoms with Gasteiger partial charge in [0.05, 0.1) is 10.2 Å². The summed E-state index contributed by atoms with van der Waals surface area (Å²) in [6.45, 7) is 4.92. The van der Waals surface area contributed by atoms with Gasteiger partial charge in [-0.1, -0.05) is 47.7 Å².